The Morgan fingerprint density at radius 3 is 2.50 bits per heavy atom. The van der Waals surface area contributed by atoms with Gasteiger partial charge in [-0.05, 0) is 6.07 Å². The molecule has 0 aliphatic heterocycles. The molecule has 0 saturated carbocycles. The Hall–Kier alpha value is -0.950. The number of aromatic hydroxyl groups is 1. The molecular formula is C6H4ClF2NO3S. The zero-order valence-corrected chi connectivity index (χ0v) is 8.06. The first-order valence-corrected chi connectivity index (χ1v) is 5.55. The standard InChI is InChI=1S/C6H4ClF2NO3S/c7-14(12,13)6-4(5(8)9)1-3(11)2-10-6/h1-2,5,11H. The molecule has 0 radical (unpaired) electrons. The van der Waals surface area contributed by atoms with Crippen LogP contribution in [0.4, 0.5) is 8.78 Å². The summed E-state index contributed by atoms with van der Waals surface area (Å²) in [6, 6.07) is 0.604. The molecule has 1 aromatic heterocycles. The number of pyridine rings is 1. The molecule has 0 aliphatic rings. The highest BCUT2D eigenvalue weighted by atomic mass is 35.7. The van der Waals surface area contributed by atoms with E-state index in [2.05, 4.69) is 4.98 Å². The first-order chi connectivity index (χ1) is 6.32. The van der Waals surface area contributed by atoms with Crippen LogP contribution < -0.4 is 0 Å². The summed E-state index contributed by atoms with van der Waals surface area (Å²) in [5, 5.41) is 7.88. The molecule has 1 N–H and O–H groups in total. The van der Waals surface area contributed by atoms with E-state index in [1.165, 1.54) is 0 Å². The molecule has 0 spiro atoms. The van der Waals surface area contributed by atoms with E-state index in [0.29, 0.717) is 6.07 Å². The Kier molecular flexibility index (Phi) is 2.91. The molecule has 1 aromatic rings. The Bertz CT molecular complexity index is 448. The van der Waals surface area contributed by atoms with Crippen LogP contribution in [0.5, 0.6) is 5.75 Å². The van der Waals surface area contributed by atoms with E-state index in [1.54, 1.807) is 0 Å². The minimum Gasteiger partial charge on any atom is -0.506 e. The van der Waals surface area contributed by atoms with Crippen molar-refractivity contribution in [1.29, 1.82) is 0 Å². The van der Waals surface area contributed by atoms with Gasteiger partial charge in [0.2, 0.25) is 0 Å². The predicted octanol–water partition coefficient (Wildman–Crippen LogP) is 1.65. The van der Waals surface area contributed by atoms with Gasteiger partial charge in [0.1, 0.15) is 5.75 Å². The van der Waals surface area contributed by atoms with E-state index in [9.17, 15) is 17.2 Å². The van der Waals surface area contributed by atoms with Crippen molar-refractivity contribution >= 4 is 19.7 Å². The summed E-state index contributed by atoms with van der Waals surface area (Å²) in [6.07, 6.45) is -2.35. The topological polar surface area (TPSA) is 67.3 Å². The fourth-order valence-corrected chi connectivity index (χ4v) is 1.81. The van der Waals surface area contributed by atoms with Crippen molar-refractivity contribution in [2.45, 2.75) is 11.5 Å². The second kappa shape index (κ2) is 3.66. The third kappa shape index (κ3) is 2.30. The number of nitrogens with zero attached hydrogens (tertiary/aromatic N) is 1. The molecule has 14 heavy (non-hydrogen) atoms. The SMILES string of the molecule is O=S(=O)(Cl)c1ncc(O)cc1C(F)F. The van der Waals surface area contributed by atoms with Gasteiger partial charge < -0.3 is 5.11 Å². The van der Waals surface area contributed by atoms with Crippen LogP contribution in [0.15, 0.2) is 17.3 Å². The van der Waals surface area contributed by atoms with Gasteiger partial charge in [-0.2, -0.15) is 0 Å². The van der Waals surface area contributed by atoms with Gasteiger partial charge in [0, 0.05) is 10.7 Å². The van der Waals surface area contributed by atoms with Gasteiger partial charge in [-0.15, -0.1) is 0 Å². The van der Waals surface area contributed by atoms with Crippen molar-refractivity contribution in [1.82, 2.24) is 4.98 Å². The number of hydrogen-bond donors (Lipinski definition) is 1. The van der Waals surface area contributed by atoms with Crippen molar-refractivity contribution in [2.75, 3.05) is 0 Å². The summed E-state index contributed by atoms with van der Waals surface area (Å²) >= 11 is 0. The highest BCUT2D eigenvalue weighted by Crippen LogP contribution is 2.29. The van der Waals surface area contributed by atoms with Gasteiger partial charge in [0.05, 0.1) is 11.8 Å². The molecule has 4 nitrogen and oxygen atoms in total. The number of alkyl halides is 2. The zero-order chi connectivity index (χ0) is 10.9. The smallest absolute Gasteiger partial charge is 0.279 e. The third-order valence-corrected chi connectivity index (χ3v) is 2.57. The Balaban J connectivity index is 3.45. The Morgan fingerprint density at radius 2 is 2.07 bits per heavy atom. The molecule has 0 atom stereocenters. The lowest BCUT2D eigenvalue weighted by molar-refractivity contribution is 0.146. The van der Waals surface area contributed by atoms with Crippen LogP contribution in [0.1, 0.15) is 12.0 Å². The normalized spacial score (nSPS) is 12.0. The van der Waals surface area contributed by atoms with Crippen molar-refractivity contribution in [3.8, 4) is 5.75 Å². The van der Waals surface area contributed by atoms with Crippen LogP contribution in [0.25, 0.3) is 0 Å². The molecule has 1 heterocycles. The van der Waals surface area contributed by atoms with E-state index in [4.69, 9.17) is 15.8 Å². The van der Waals surface area contributed by atoms with E-state index >= 15 is 0 Å². The summed E-state index contributed by atoms with van der Waals surface area (Å²) in [6.45, 7) is 0. The summed E-state index contributed by atoms with van der Waals surface area (Å²) in [5.74, 6) is -0.552. The molecule has 0 amide bonds. The number of aromatic nitrogens is 1. The maximum absolute atomic E-state index is 12.3. The van der Waals surface area contributed by atoms with Crippen molar-refractivity contribution in [2.24, 2.45) is 0 Å². The minimum atomic E-state index is -4.33. The van der Waals surface area contributed by atoms with Gasteiger partial charge in [0.25, 0.3) is 15.5 Å². The van der Waals surface area contributed by atoms with Crippen LogP contribution in [0, 0.1) is 0 Å². The molecule has 0 unspecified atom stereocenters. The van der Waals surface area contributed by atoms with E-state index in [0.717, 1.165) is 6.20 Å². The molecular weight excluding hydrogens is 240 g/mol. The number of hydrogen-bond acceptors (Lipinski definition) is 4. The lowest BCUT2D eigenvalue weighted by Gasteiger charge is -2.04. The fraction of sp³-hybridized carbons (Fsp3) is 0.167. The first kappa shape index (κ1) is 11.1. The van der Waals surface area contributed by atoms with Gasteiger partial charge in [-0.25, -0.2) is 22.2 Å². The van der Waals surface area contributed by atoms with Gasteiger partial charge in [0.15, 0.2) is 5.03 Å². The molecule has 0 saturated heterocycles. The van der Waals surface area contributed by atoms with Crippen molar-refractivity contribution < 1.29 is 22.3 Å². The second-order valence-electron chi connectivity index (χ2n) is 2.33. The van der Waals surface area contributed by atoms with E-state index < -0.39 is 31.8 Å². The number of halogens is 3. The molecule has 0 aliphatic carbocycles. The van der Waals surface area contributed by atoms with Gasteiger partial charge in [-0.3, -0.25) is 0 Å². The molecule has 78 valence electrons. The Labute approximate surface area is 82.6 Å². The van der Waals surface area contributed by atoms with Crippen molar-refractivity contribution in [3.05, 3.63) is 17.8 Å². The average molecular weight is 244 g/mol. The minimum absolute atomic E-state index is 0.552. The quantitative estimate of drug-likeness (QED) is 0.802. The average Bonchev–Trinajstić information content (AvgIpc) is 2.01. The summed E-state index contributed by atoms with van der Waals surface area (Å²) < 4.78 is 46.0. The summed E-state index contributed by atoms with van der Waals surface area (Å²) in [5.41, 5.74) is -0.917. The predicted molar refractivity (Wildman–Crippen MR) is 43.9 cm³/mol. The summed E-state index contributed by atoms with van der Waals surface area (Å²) in [4.78, 5) is 3.12. The van der Waals surface area contributed by atoms with Crippen LogP contribution in [0.3, 0.4) is 0 Å². The van der Waals surface area contributed by atoms with E-state index in [1.807, 2.05) is 0 Å². The highest BCUT2D eigenvalue weighted by molar-refractivity contribution is 8.13. The van der Waals surface area contributed by atoms with Crippen LogP contribution in [-0.4, -0.2) is 18.5 Å². The van der Waals surface area contributed by atoms with Crippen LogP contribution in [-0.2, 0) is 9.05 Å². The summed E-state index contributed by atoms with van der Waals surface area (Å²) in [7, 11) is 0.530. The number of rotatable bonds is 2. The maximum atomic E-state index is 12.3. The maximum Gasteiger partial charge on any atom is 0.279 e. The molecule has 0 bridgehead atoms. The molecule has 1 rings (SSSR count). The van der Waals surface area contributed by atoms with Gasteiger partial charge >= 0.3 is 0 Å². The zero-order valence-electron chi connectivity index (χ0n) is 6.49. The fourth-order valence-electron chi connectivity index (χ4n) is 0.818. The molecule has 8 heteroatoms. The first-order valence-electron chi connectivity index (χ1n) is 3.24. The molecule has 0 fully saturated rings. The van der Waals surface area contributed by atoms with Crippen LogP contribution >= 0.6 is 10.7 Å². The van der Waals surface area contributed by atoms with Crippen LogP contribution in [0.2, 0.25) is 0 Å². The van der Waals surface area contributed by atoms with Gasteiger partial charge in [-0.1, -0.05) is 0 Å². The largest absolute Gasteiger partial charge is 0.506 e. The lowest BCUT2D eigenvalue weighted by Crippen LogP contribution is -2.01. The molecule has 0 aromatic carbocycles. The van der Waals surface area contributed by atoms with Crippen molar-refractivity contribution in [3.63, 3.8) is 0 Å². The highest BCUT2D eigenvalue weighted by Gasteiger charge is 2.23. The third-order valence-electron chi connectivity index (χ3n) is 1.33. The Morgan fingerprint density at radius 1 is 1.50 bits per heavy atom. The monoisotopic (exact) mass is 243 g/mol. The van der Waals surface area contributed by atoms with E-state index in [-0.39, 0.29) is 0 Å². The lowest BCUT2D eigenvalue weighted by atomic mass is 10.3. The second-order valence-corrected chi connectivity index (χ2v) is 4.81.